The number of nitrogens with zero attached hydrogens (tertiary/aromatic N) is 1. The van der Waals surface area contributed by atoms with Crippen LogP contribution < -0.4 is 5.32 Å². The minimum Gasteiger partial charge on any atom is -0.449 e. The Bertz CT molecular complexity index is 855. The van der Waals surface area contributed by atoms with Crippen molar-refractivity contribution in [3.05, 3.63) is 57.2 Å². The maximum Gasteiger partial charge on any atom is 0.338 e. The summed E-state index contributed by atoms with van der Waals surface area (Å²) in [7, 11) is 0. The Balaban J connectivity index is 1.64. The van der Waals surface area contributed by atoms with Crippen LogP contribution in [-0.4, -0.2) is 23.0 Å². The molecule has 1 atom stereocenters. The topological polar surface area (TPSA) is 68.3 Å². The Hall–Kier alpha value is -2.11. The molecule has 1 heterocycles. The van der Waals surface area contributed by atoms with E-state index < -0.39 is 18.0 Å². The van der Waals surface area contributed by atoms with E-state index in [4.69, 9.17) is 27.9 Å². The fourth-order valence-electron chi connectivity index (χ4n) is 2.87. The van der Waals surface area contributed by atoms with Crippen molar-refractivity contribution in [2.45, 2.75) is 38.7 Å². The van der Waals surface area contributed by atoms with Gasteiger partial charge in [0.15, 0.2) is 11.9 Å². The van der Waals surface area contributed by atoms with Gasteiger partial charge in [-0.25, -0.2) is 9.78 Å². The molecule has 2 aromatic rings. The van der Waals surface area contributed by atoms with E-state index in [1.165, 1.54) is 36.7 Å². The van der Waals surface area contributed by atoms with Crippen LogP contribution in [-0.2, 0) is 22.4 Å². The molecule has 136 valence electrons. The van der Waals surface area contributed by atoms with E-state index in [0.29, 0.717) is 10.6 Å². The number of ether oxygens (including phenoxy) is 1. The SMILES string of the molecule is C[C@H](OC(=O)c1ccc2c(c1)CCCC2)C(=O)Nc1ncc(Cl)cc1Cl. The summed E-state index contributed by atoms with van der Waals surface area (Å²) in [6.07, 6.45) is 4.68. The van der Waals surface area contributed by atoms with Gasteiger partial charge in [-0.1, -0.05) is 29.3 Å². The molecule has 0 radical (unpaired) electrons. The van der Waals surface area contributed by atoms with Crippen molar-refractivity contribution >= 4 is 40.9 Å². The van der Waals surface area contributed by atoms with Crippen LogP contribution >= 0.6 is 23.2 Å². The molecule has 0 spiro atoms. The zero-order valence-electron chi connectivity index (χ0n) is 14.2. The molecule has 26 heavy (non-hydrogen) atoms. The first-order chi connectivity index (χ1) is 12.4. The van der Waals surface area contributed by atoms with E-state index in [1.54, 1.807) is 6.07 Å². The number of halogens is 2. The average molecular weight is 393 g/mol. The van der Waals surface area contributed by atoms with Crippen LogP contribution in [0, 0.1) is 0 Å². The number of hydrogen-bond donors (Lipinski definition) is 1. The van der Waals surface area contributed by atoms with Gasteiger partial charge in [0.1, 0.15) is 0 Å². The quantitative estimate of drug-likeness (QED) is 0.780. The molecule has 0 saturated heterocycles. The highest BCUT2D eigenvalue weighted by molar-refractivity contribution is 6.36. The molecule has 1 aromatic carbocycles. The second-order valence-electron chi connectivity index (χ2n) is 6.21. The fraction of sp³-hybridized carbons (Fsp3) is 0.316. The lowest BCUT2D eigenvalue weighted by atomic mass is 9.90. The first-order valence-corrected chi connectivity index (χ1v) is 9.14. The molecule has 1 aromatic heterocycles. The van der Waals surface area contributed by atoms with Gasteiger partial charge in [-0.3, -0.25) is 4.79 Å². The van der Waals surface area contributed by atoms with Crippen LogP contribution in [0.2, 0.25) is 10.0 Å². The fourth-order valence-corrected chi connectivity index (χ4v) is 3.29. The smallest absolute Gasteiger partial charge is 0.338 e. The maximum absolute atomic E-state index is 12.3. The third-order valence-corrected chi connectivity index (χ3v) is 4.78. The van der Waals surface area contributed by atoms with Crippen molar-refractivity contribution in [2.75, 3.05) is 5.32 Å². The second kappa shape index (κ2) is 8.06. The van der Waals surface area contributed by atoms with Crippen LogP contribution in [0.5, 0.6) is 0 Å². The Morgan fingerprint density at radius 1 is 1.15 bits per heavy atom. The van der Waals surface area contributed by atoms with Gasteiger partial charge in [0.2, 0.25) is 0 Å². The van der Waals surface area contributed by atoms with Gasteiger partial charge in [0.05, 0.1) is 15.6 Å². The highest BCUT2D eigenvalue weighted by atomic mass is 35.5. The van der Waals surface area contributed by atoms with E-state index in [9.17, 15) is 9.59 Å². The molecular formula is C19H18Cl2N2O3. The van der Waals surface area contributed by atoms with E-state index in [1.807, 2.05) is 12.1 Å². The molecule has 0 unspecified atom stereocenters. The zero-order valence-corrected chi connectivity index (χ0v) is 15.7. The van der Waals surface area contributed by atoms with Crippen LogP contribution in [0.1, 0.15) is 41.3 Å². The molecule has 0 fully saturated rings. The van der Waals surface area contributed by atoms with E-state index in [2.05, 4.69) is 10.3 Å². The lowest BCUT2D eigenvalue weighted by molar-refractivity contribution is -0.123. The number of esters is 1. The van der Waals surface area contributed by atoms with Crippen LogP contribution in [0.25, 0.3) is 0 Å². The van der Waals surface area contributed by atoms with Crippen molar-refractivity contribution < 1.29 is 14.3 Å². The maximum atomic E-state index is 12.3. The molecule has 0 saturated carbocycles. The number of hydrogen-bond acceptors (Lipinski definition) is 4. The third kappa shape index (κ3) is 4.34. The largest absolute Gasteiger partial charge is 0.449 e. The van der Waals surface area contributed by atoms with E-state index in [0.717, 1.165) is 19.3 Å². The third-order valence-electron chi connectivity index (χ3n) is 4.29. The summed E-state index contributed by atoms with van der Waals surface area (Å²) in [5.41, 5.74) is 2.91. The van der Waals surface area contributed by atoms with Crippen molar-refractivity contribution in [2.24, 2.45) is 0 Å². The Labute approximate surface area is 161 Å². The highest BCUT2D eigenvalue weighted by Crippen LogP contribution is 2.24. The Kier molecular flexibility index (Phi) is 5.79. The summed E-state index contributed by atoms with van der Waals surface area (Å²) in [5, 5.41) is 3.09. The monoisotopic (exact) mass is 392 g/mol. The summed E-state index contributed by atoms with van der Waals surface area (Å²) >= 11 is 11.8. The number of fused-ring (bicyclic) bond motifs is 1. The summed E-state index contributed by atoms with van der Waals surface area (Å²) in [4.78, 5) is 28.5. The number of pyridine rings is 1. The van der Waals surface area contributed by atoms with Crippen molar-refractivity contribution in [1.82, 2.24) is 4.98 Å². The number of amides is 1. The second-order valence-corrected chi connectivity index (χ2v) is 7.05. The van der Waals surface area contributed by atoms with Crippen LogP contribution in [0.3, 0.4) is 0 Å². The summed E-state index contributed by atoms with van der Waals surface area (Å²) in [6.45, 7) is 1.50. The predicted octanol–water partition coefficient (Wildman–Crippen LogP) is 4.45. The van der Waals surface area contributed by atoms with Crippen molar-refractivity contribution in [3.63, 3.8) is 0 Å². The van der Waals surface area contributed by atoms with Gasteiger partial charge in [-0.05, 0) is 61.9 Å². The van der Waals surface area contributed by atoms with Gasteiger partial charge < -0.3 is 10.1 Å². The van der Waals surface area contributed by atoms with Gasteiger partial charge in [0, 0.05) is 6.20 Å². The van der Waals surface area contributed by atoms with Gasteiger partial charge in [0.25, 0.3) is 5.91 Å². The number of nitrogens with one attached hydrogen (secondary N) is 1. The number of benzene rings is 1. The number of aromatic nitrogens is 1. The number of aryl methyl sites for hydroxylation is 2. The van der Waals surface area contributed by atoms with Gasteiger partial charge >= 0.3 is 5.97 Å². The molecule has 1 amide bonds. The van der Waals surface area contributed by atoms with Crippen LogP contribution in [0.4, 0.5) is 5.82 Å². The summed E-state index contributed by atoms with van der Waals surface area (Å²) in [6, 6.07) is 7.04. The molecule has 1 aliphatic carbocycles. The summed E-state index contributed by atoms with van der Waals surface area (Å²) in [5.74, 6) is -0.887. The molecule has 0 bridgehead atoms. The Morgan fingerprint density at radius 3 is 2.62 bits per heavy atom. The summed E-state index contributed by atoms with van der Waals surface area (Å²) < 4.78 is 5.28. The number of anilines is 1. The highest BCUT2D eigenvalue weighted by Gasteiger charge is 2.21. The predicted molar refractivity (Wildman–Crippen MR) is 101 cm³/mol. The lowest BCUT2D eigenvalue weighted by Crippen LogP contribution is -2.30. The molecule has 3 rings (SSSR count). The van der Waals surface area contributed by atoms with Gasteiger partial charge in [-0.2, -0.15) is 0 Å². The standard InChI is InChI=1S/C19H18Cl2N2O3/c1-11(18(24)23-17-16(21)9-15(20)10-22-17)26-19(25)14-7-6-12-4-2-3-5-13(12)8-14/h6-11H,2-5H2,1H3,(H,22,23,24)/t11-/m0/s1. The molecule has 1 N–H and O–H groups in total. The van der Waals surface area contributed by atoms with E-state index in [-0.39, 0.29) is 10.8 Å². The van der Waals surface area contributed by atoms with E-state index >= 15 is 0 Å². The normalized spacial score (nSPS) is 14.3. The molecule has 1 aliphatic rings. The number of carbonyl (C=O) groups excluding carboxylic acids is 2. The minimum absolute atomic E-state index is 0.165. The van der Waals surface area contributed by atoms with Gasteiger partial charge in [-0.15, -0.1) is 0 Å². The lowest BCUT2D eigenvalue weighted by Gasteiger charge is -2.17. The minimum atomic E-state index is -0.993. The number of rotatable bonds is 4. The van der Waals surface area contributed by atoms with Crippen LogP contribution in [0.15, 0.2) is 30.5 Å². The first kappa shape index (κ1) is 18.7. The van der Waals surface area contributed by atoms with Crippen molar-refractivity contribution in [3.8, 4) is 0 Å². The van der Waals surface area contributed by atoms with Crippen molar-refractivity contribution in [1.29, 1.82) is 0 Å². The molecule has 0 aliphatic heterocycles. The molecule has 7 heteroatoms. The first-order valence-electron chi connectivity index (χ1n) is 8.39. The zero-order chi connectivity index (χ0) is 18.7. The molecule has 5 nitrogen and oxygen atoms in total. The average Bonchev–Trinajstić information content (AvgIpc) is 2.63. The molecular weight excluding hydrogens is 375 g/mol. The Morgan fingerprint density at radius 2 is 1.88 bits per heavy atom. The number of carbonyl (C=O) groups is 2.